The van der Waals surface area contributed by atoms with Crippen LogP contribution in [0.15, 0.2) is 34.1 Å². The first-order valence-electron chi connectivity index (χ1n) is 10.5. The first-order chi connectivity index (χ1) is 15.7. The van der Waals surface area contributed by atoms with Crippen molar-refractivity contribution in [3.63, 3.8) is 0 Å². The second kappa shape index (κ2) is 10.1. The third-order valence-electron chi connectivity index (χ3n) is 5.31. The fraction of sp³-hybridized carbons (Fsp3) is 0.391. The van der Waals surface area contributed by atoms with Gasteiger partial charge in [0.25, 0.3) is 10.0 Å². The Hall–Kier alpha value is -2.97. The van der Waals surface area contributed by atoms with Crippen LogP contribution >= 0.6 is 0 Å². The SMILES string of the molecule is CCS(=O)(=O)c1ccc(S(=O)(=O)NC(=O)Cc2c(C(C)C)cc(C#N)c(F)c2C(C)C)c(O)c1. The number of carbonyl (C=O) groups is 1. The monoisotopic (exact) mass is 510 g/mol. The van der Waals surface area contributed by atoms with E-state index in [1.54, 1.807) is 27.7 Å². The van der Waals surface area contributed by atoms with E-state index in [9.17, 15) is 36.4 Å². The average molecular weight is 511 g/mol. The number of rotatable bonds is 8. The van der Waals surface area contributed by atoms with E-state index in [-0.39, 0.29) is 33.6 Å². The summed E-state index contributed by atoms with van der Waals surface area (Å²) >= 11 is 0. The van der Waals surface area contributed by atoms with E-state index in [2.05, 4.69) is 0 Å². The van der Waals surface area contributed by atoms with Gasteiger partial charge in [0.15, 0.2) is 9.84 Å². The normalized spacial score (nSPS) is 12.1. The molecule has 0 saturated heterocycles. The maximum absolute atomic E-state index is 14.9. The average Bonchev–Trinajstić information content (AvgIpc) is 2.72. The molecule has 0 saturated carbocycles. The van der Waals surface area contributed by atoms with E-state index >= 15 is 0 Å². The molecule has 2 aromatic rings. The lowest BCUT2D eigenvalue weighted by atomic mass is 9.85. The highest BCUT2D eigenvalue weighted by molar-refractivity contribution is 7.91. The highest BCUT2D eigenvalue weighted by Gasteiger charge is 2.27. The minimum atomic E-state index is -4.56. The Kier molecular flexibility index (Phi) is 8.11. The Labute approximate surface area is 199 Å². The Balaban J connectivity index is 2.47. The predicted octanol–water partition coefficient (Wildman–Crippen LogP) is 3.49. The molecule has 2 aromatic carbocycles. The summed E-state index contributed by atoms with van der Waals surface area (Å²) in [4.78, 5) is 11.8. The van der Waals surface area contributed by atoms with Crippen LogP contribution in [-0.4, -0.2) is 33.6 Å². The van der Waals surface area contributed by atoms with Crippen LogP contribution < -0.4 is 4.72 Å². The molecular weight excluding hydrogens is 483 g/mol. The molecule has 2 N–H and O–H groups in total. The lowest BCUT2D eigenvalue weighted by molar-refractivity contribution is -0.118. The highest BCUT2D eigenvalue weighted by atomic mass is 32.2. The Morgan fingerprint density at radius 2 is 1.74 bits per heavy atom. The molecule has 0 spiro atoms. The molecule has 0 atom stereocenters. The van der Waals surface area contributed by atoms with Gasteiger partial charge in [0.1, 0.15) is 22.5 Å². The molecule has 0 heterocycles. The third-order valence-corrected chi connectivity index (χ3v) is 8.46. The van der Waals surface area contributed by atoms with Crippen molar-refractivity contribution in [2.45, 2.75) is 62.7 Å². The summed E-state index contributed by atoms with van der Waals surface area (Å²) in [5.74, 6) is -3.36. The van der Waals surface area contributed by atoms with Gasteiger partial charge >= 0.3 is 0 Å². The molecule has 8 nitrogen and oxygen atoms in total. The van der Waals surface area contributed by atoms with Crippen LogP contribution in [0.2, 0.25) is 0 Å². The molecule has 1 amide bonds. The topological polar surface area (TPSA) is 141 Å². The van der Waals surface area contributed by atoms with Crippen LogP contribution in [0, 0.1) is 17.1 Å². The van der Waals surface area contributed by atoms with E-state index in [0.29, 0.717) is 11.1 Å². The molecule has 0 unspecified atom stereocenters. The van der Waals surface area contributed by atoms with Crippen LogP contribution in [0.3, 0.4) is 0 Å². The summed E-state index contributed by atoms with van der Waals surface area (Å²) in [7, 11) is -8.24. The van der Waals surface area contributed by atoms with Crippen LogP contribution in [0.25, 0.3) is 0 Å². The van der Waals surface area contributed by atoms with Crippen molar-refractivity contribution in [1.29, 1.82) is 5.26 Å². The smallest absolute Gasteiger partial charge is 0.267 e. The van der Waals surface area contributed by atoms with Gasteiger partial charge in [0.2, 0.25) is 5.91 Å². The van der Waals surface area contributed by atoms with Crippen LogP contribution in [0.1, 0.15) is 68.7 Å². The molecule has 2 rings (SSSR count). The third kappa shape index (κ3) is 5.56. The molecule has 0 aliphatic heterocycles. The number of aromatic hydroxyl groups is 1. The summed E-state index contributed by atoms with van der Waals surface area (Å²) in [6, 6.07) is 5.91. The first kappa shape index (κ1) is 27.3. The van der Waals surface area contributed by atoms with E-state index < -0.39 is 48.7 Å². The van der Waals surface area contributed by atoms with Gasteiger partial charge in [-0.25, -0.2) is 25.9 Å². The zero-order valence-electron chi connectivity index (χ0n) is 19.5. The number of carbonyl (C=O) groups excluding carboxylic acids is 1. The largest absolute Gasteiger partial charge is 0.506 e. The molecular formula is C23H27FN2O6S2. The van der Waals surface area contributed by atoms with Gasteiger partial charge < -0.3 is 5.11 Å². The van der Waals surface area contributed by atoms with Crippen molar-refractivity contribution in [2.24, 2.45) is 0 Å². The number of nitrogens with zero attached hydrogens (tertiary/aromatic N) is 1. The second-order valence-corrected chi connectivity index (χ2v) is 12.3. The lowest BCUT2D eigenvalue weighted by Gasteiger charge is -2.21. The van der Waals surface area contributed by atoms with Gasteiger partial charge in [0.05, 0.1) is 22.6 Å². The molecule has 0 bridgehead atoms. The number of sulfonamides is 1. The molecule has 0 radical (unpaired) electrons. The number of halogens is 1. The van der Waals surface area contributed by atoms with Crippen LogP contribution in [0.4, 0.5) is 4.39 Å². The van der Waals surface area contributed by atoms with Gasteiger partial charge in [-0.3, -0.25) is 4.79 Å². The molecule has 34 heavy (non-hydrogen) atoms. The molecule has 11 heteroatoms. The second-order valence-electron chi connectivity index (χ2n) is 8.38. The number of nitriles is 1. The van der Waals surface area contributed by atoms with E-state index in [1.165, 1.54) is 13.0 Å². The summed E-state index contributed by atoms with van der Waals surface area (Å²) in [5.41, 5.74) is 0.845. The minimum Gasteiger partial charge on any atom is -0.506 e. The van der Waals surface area contributed by atoms with Gasteiger partial charge in [-0.2, -0.15) is 5.26 Å². The molecule has 184 valence electrons. The summed E-state index contributed by atoms with van der Waals surface area (Å²) in [6.07, 6.45) is -0.480. The van der Waals surface area contributed by atoms with Gasteiger partial charge in [-0.1, -0.05) is 34.6 Å². The molecule has 0 aliphatic rings. The van der Waals surface area contributed by atoms with Crippen molar-refractivity contribution in [2.75, 3.05) is 5.75 Å². The standard InChI is InChI=1S/C23H27FN2O6S2/c1-6-33(29,30)16-7-8-20(19(27)10-16)34(31,32)26-21(28)11-18-17(13(2)3)9-15(12-25)23(24)22(18)14(4)5/h7-10,13-14,27H,6,11H2,1-5H3,(H,26,28). The highest BCUT2D eigenvalue weighted by Crippen LogP contribution is 2.33. The van der Waals surface area contributed by atoms with Crippen LogP contribution in [-0.2, 0) is 31.1 Å². The summed E-state index contributed by atoms with van der Waals surface area (Å²) in [5, 5.41) is 19.4. The lowest BCUT2D eigenvalue weighted by Crippen LogP contribution is -2.32. The molecule has 0 aromatic heterocycles. The summed E-state index contributed by atoms with van der Waals surface area (Å²) in [6.45, 7) is 8.42. The Bertz CT molecular complexity index is 1380. The van der Waals surface area contributed by atoms with Crippen molar-refractivity contribution in [3.05, 3.63) is 52.3 Å². The quantitative estimate of drug-likeness (QED) is 0.554. The number of nitrogens with one attached hydrogen (secondary N) is 1. The van der Waals surface area contributed by atoms with Gasteiger partial charge in [-0.15, -0.1) is 0 Å². The number of phenolic OH excluding ortho intramolecular Hbond substituents is 1. The van der Waals surface area contributed by atoms with Crippen molar-refractivity contribution >= 4 is 25.8 Å². The fourth-order valence-corrected chi connectivity index (χ4v) is 5.58. The van der Waals surface area contributed by atoms with Gasteiger partial charge in [-0.05, 0) is 52.8 Å². The Morgan fingerprint density at radius 3 is 2.21 bits per heavy atom. The zero-order chi connectivity index (χ0) is 26.0. The van der Waals surface area contributed by atoms with Crippen molar-refractivity contribution in [1.82, 2.24) is 4.72 Å². The number of phenols is 1. The summed E-state index contributed by atoms with van der Waals surface area (Å²) < 4.78 is 66.2. The number of hydrogen-bond acceptors (Lipinski definition) is 7. The number of amides is 1. The number of benzene rings is 2. The number of sulfone groups is 1. The van der Waals surface area contributed by atoms with Crippen molar-refractivity contribution in [3.8, 4) is 11.8 Å². The number of hydrogen-bond donors (Lipinski definition) is 2. The van der Waals surface area contributed by atoms with Crippen LogP contribution in [0.5, 0.6) is 5.75 Å². The van der Waals surface area contributed by atoms with E-state index in [0.717, 1.165) is 18.2 Å². The van der Waals surface area contributed by atoms with Gasteiger partial charge in [0, 0.05) is 0 Å². The predicted molar refractivity (Wildman–Crippen MR) is 124 cm³/mol. The Morgan fingerprint density at radius 1 is 1.12 bits per heavy atom. The maximum Gasteiger partial charge on any atom is 0.267 e. The molecule has 0 fully saturated rings. The zero-order valence-corrected chi connectivity index (χ0v) is 21.1. The molecule has 0 aliphatic carbocycles. The maximum atomic E-state index is 14.9. The fourth-order valence-electron chi connectivity index (χ4n) is 3.62. The van der Waals surface area contributed by atoms with Crippen molar-refractivity contribution < 1.29 is 31.1 Å². The van der Waals surface area contributed by atoms with E-state index in [1.807, 2.05) is 10.8 Å². The van der Waals surface area contributed by atoms with E-state index in [4.69, 9.17) is 0 Å². The minimum absolute atomic E-state index is 0.156. The first-order valence-corrected chi connectivity index (χ1v) is 13.7.